The number of furan rings is 2. The molecule has 1 atom stereocenters. The molecule has 0 spiro atoms. The van der Waals surface area contributed by atoms with Crippen molar-refractivity contribution < 1.29 is 13.5 Å². The third-order valence-corrected chi connectivity index (χ3v) is 8.95. The largest absolute Gasteiger partial charge is 0.456 e. The van der Waals surface area contributed by atoms with Gasteiger partial charge in [0.05, 0.1) is 5.60 Å². The van der Waals surface area contributed by atoms with Crippen LogP contribution in [0.4, 0.5) is 0 Å². The summed E-state index contributed by atoms with van der Waals surface area (Å²) in [4.78, 5) is 0. The summed E-state index contributed by atoms with van der Waals surface area (Å²) in [5.74, 6) is 0. The maximum absolute atomic E-state index is 6.68. The van der Waals surface area contributed by atoms with E-state index in [1.54, 1.807) is 0 Å². The molecule has 0 saturated heterocycles. The first-order chi connectivity index (χ1) is 18.7. The van der Waals surface area contributed by atoms with Gasteiger partial charge in [0.1, 0.15) is 22.3 Å². The molecule has 0 amide bonds. The van der Waals surface area contributed by atoms with E-state index in [9.17, 15) is 0 Å². The number of para-hydroxylation sites is 3. The second kappa shape index (κ2) is 8.71. The lowest BCUT2D eigenvalue weighted by atomic mass is 9.83. The Kier molecular flexibility index (Phi) is 5.46. The van der Waals surface area contributed by atoms with E-state index < -0.39 is 0 Å². The highest BCUT2D eigenvalue weighted by Crippen LogP contribution is 2.40. The van der Waals surface area contributed by atoms with E-state index in [1.165, 1.54) is 5.39 Å². The smallest absolute Gasteiger partial charge is 0.334 e. The highest BCUT2D eigenvalue weighted by Gasteiger charge is 2.34. The summed E-state index contributed by atoms with van der Waals surface area (Å²) in [6.45, 7) is 8.52. The Morgan fingerprint density at radius 1 is 0.615 bits per heavy atom. The molecule has 5 aromatic carbocycles. The van der Waals surface area contributed by atoms with E-state index in [2.05, 4.69) is 116 Å². The van der Waals surface area contributed by atoms with Crippen LogP contribution < -0.4 is 5.46 Å². The molecule has 7 aromatic rings. The monoisotopic (exact) mass is 527 g/mol. The van der Waals surface area contributed by atoms with E-state index in [0.717, 1.165) is 65.9 Å². The molecule has 1 radical (unpaired) electrons. The quantitative estimate of drug-likeness (QED) is 0.166. The average Bonchev–Trinajstić information content (AvgIpc) is 3.48. The number of hydrogen-bond donors (Lipinski definition) is 0. The third-order valence-electron chi connectivity index (χ3n) is 8.25. The molecular formula is C34H29BO3P. The first kappa shape index (κ1) is 24.5. The zero-order valence-corrected chi connectivity index (χ0v) is 23.7. The lowest BCUT2D eigenvalue weighted by Gasteiger charge is -2.38. The van der Waals surface area contributed by atoms with Gasteiger partial charge < -0.3 is 13.5 Å². The van der Waals surface area contributed by atoms with Crippen molar-refractivity contribution in [2.75, 3.05) is 0 Å². The normalized spacial score (nSPS) is 12.8. The Balaban J connectivity index is 1.41. The minimum atomic E-state index is -0.372. The molecule has 0 saturated carbocycles. The summed E-state index contributed by atoms with van der Waals surface area (Å²) < 4.78 is 19.1. The van der Waals surface area contributed by atoms with Crippen LogP contribution in [-0.4, -0.2) is 18.2 Å². The summed E-state index contributed by atoms with van der Waals surface area (Å²) in [6.07, 6.45) is 0. The van der Waals surface area contributed by atoms with Crippen molar-refractivity contribution in [3.8, 4) is 11.1 Å². The van der Waals surface area contributed by atoms with Crippen LogP contribution in [0.2, 0.25) is 0 Å². The molecule has 2 aromatic heterocycles. The third kappa shape index (κ3) is 3.89. The molecule has 3 nitrogen and oxygen atoms in total. The van der Waals surface area contributed by atoms with E-state index in [-0.39, 0.29) is 10.8 Å². The number of hydrogen-bond acceptors (Lipinski definition) is 3. The summed E-state index contributed by atoms with van der Waals surface area (Å²) in [7, 11) is 4.73. The van der Waals surface area contributed by atoms with Crippen molar-refractivity contribution >= 4 is 76.8 Å². The van der Waals surface area contributed by atoms with Gasteiger partial charge in [-0.2, -0.15) is 0 Å². The molecule has 1 unspecified atom stereocenters. The van der Waals surface area contributed by atoms with Crippen LogP contribution in [0, 0.1) is 0 Å². The Labute approximate surface area is 230 Å². The van der Waals surface area contributed by atoms with Crippen molar-refractivity contribution in [1.29, 1.82) is 0 Å². The summed E-state index contributed by atoms with van der Waals surface area (Å²) in [5, 5.41) is 6.63. The predicted octanol–water partition coefficient (Wildman–Crippen LogP) is 9.00. The predicted molar refractivity (Wildman–Crippen MR) is 168 cm³/mol. The molecule has 0 fully saturated rings. The summed E-state index contributed by atoms with van der Waals surface area (Å²) in [5.41, 5.74) is 6.29. The van der Waals surface area contributed by atoms with Crippen molar-refractivity contribution in [3.05, 3.63) is 91.0 Å². The molecular weight excluding hydrogens is 498 g/mol. The maximum atomic E-state index is 6.68. The SMILES string of the molecule is CC(C)(P)C(C)(C)O[B]c1cccc2c1oc1c(-c3cccc4cc5oc6ccccc6c5cc34)cccc12. The minimum Gasteiger partial charge on any atom is -0.456 e. The van der Waals surface area contributed by atoms with Crippen LogP contribution in [-0.2, 0) is 4.65 Å². The Hall–Kier alpha value is -3.59. The molecule has 0 N–H and O–H groups in total. The zero-order chi connectivity index (χ0) is 26.9. The maximum Gasteiger partial charge on any atom is 0.334 e. The highest BCUT2D eigenvalue weighted by molar-refractivity contribution is 7.19. The molecule has 0 bridgehead atoms. The van der Waals surface area contributed by atoms with Gasteiger partial charge in [-0.25, -0.2) is 0 Å². The minimum absolute atomic E-state index is 0.0987. The Bertz CT molecular complexity index is 2040. The zero-order valence-electron chi connectivity index (χ0n) is 22.5. The van der Waals surface area contributed by atoms with Gasteiger partial charge >= 0.3 is 7.48 Å². The van der Waals surface area contributed by atoms with Gasteiger partial charge in [0.25, 0.3) is 0 Å². The first-order valence-electron chi connectivity index (χ1n) is 13.3. The van der Waals surface area contributed by atoms with Gasteiger partial charge in [-0.05, 0) is 53.8 Å². The summed E-state index contributed by atoms with van der Waals surface area (Å²) in [6, 6.07) is 31.7. The van der Waals surface area contributed by atoms with E-state index >= 15 is 0 Å². The van der Waals surface area contributed by atoms with Gasteiger partial charge in [0.2, 0.25) is 0 Å². The molecule has 39 heavy (non-hydrogen) atoms. The van der Waals surface area contributed by atoms with Crippen molar-refractivity contribution in [2.24, 2.45) is 0 Å². The molecule has 0 aliphatic heterocycles. The van der Waals surface area contributed by atoms with Crippen LogP contribution >= 0.6 is 9.24 Å². The molecule has 191 valence electrons. The van der Waals surface area contributed by atoms with Gasteiger partial charge in [-0.3, -0.25) is 0 Å². The number of benzene rings is 5. The van der Waals surface area contributed by atoms with Crippen LogP contribution in [0.3, 0.4) is 0 Å². The van der Waals surface area contributed by atoms with Crippen LogP contribution in [0.25, 0.3) is 65.8 Å². The fraction of sp³-hybridized carbons (Fsp3) is 0.176. The number of fused-ring (bicyclic) bond motifs is 7. The lowest BCUT2D eigenvalue weighted by molar-refractivity contribution is 0.0841. The number of rotatable bonds is 5. The van der Waals surface area contributed by atoms with Crippen LogP contribution in [0.15, 0.2) is 99.8 Å². The van der Waals surface area contributed by atoms with Gasteiger partial charge in [0, 0.05) is 32.3 Å². The lowest BCUT2D eigenvalue weighted by Crippen LogP contribution is -2.45. The molecule has 5 heteroatoms. The fourth-order valence-corrected chi connectivity index (χ4v) is 5.31. The topological polar surface area (TPSA) is 35.5 Å². The highest BCUT2D eigenvalue weighted by atomic mass is 31.0. The Morgan fingerprint density at radius 3 is 2.13 bits per heavy atom. The van der Waals surface area contributed by atoms with E-state index in [4.69, 9.17) is 13.5 Å². The van der Waals surface area contributed by atoms with Crippen LogP contribution in [0.5, 0.6) is 0 Å². The average molecular weight is 527 g/mol. The summed E-state index contributed by atoms with van der Waals surface area (Å²) >= 11 is 0. The first-order valence-corrected chi connectivity index (χ1v) is 13.9. The van der Waals surface area contributed by atoms with Crippen molar-refractivity contribution in [3.63, 3.8) is 0 Å². The second-order valence-corrected chi connectivity index (χ2v) is 12.9. The van der Waals surface area contributed by atoms with E-state index in [1.807, 2.05) is 19.6 Å². The van der Waals surface area contributed by atoms with Gasteiger partial charge in [-0.15, -0.1) is 9.24 Å². The Morgan fingerprint density at radius 2 is 1.31 bits per heavy atom. The molecule has 7 rings (SSSR count). The van der Waals surface area contributed by atoms with Crippen LogP contribution in [0.1, 0.15) is 27.7 Å². The standard InChI is InChI=1S/C34H29BO3P/c1-33(2,34(3,4)39)38-35-28-16-9-15-25-24-14-8-13-23(31(24)37-32(25)28)21-12-7-10-20-18-30-27(19-26(20)21)22-11-5-6-17-29(22)36-30/h5-19H,39H2,1-4H3. The molecule has 0 aliphatic rings. The van der Waals surface area contributed by atoms with Gasteiger partial charge in [-0.1, -0.05) is 86.6 Å². The van der Waals surface area contributed by atoms with Crippen molar-refractivity contribution in [1.82, 2.24) is 0 Å². The van der Waals surface area contributed by atoms with E-state index in [0.29, 0.717) is 0 Å². The molecule has 2 heterocycles. The van der Waals surface area contributed by atoms with Gasteiger partial charge in [0.15, 0.2) is 0 Å². The van der Waals surface area contributed by atoms with Crippen molar-refractivity contribution in [2.45, 2.75) is 38.5 Å². The fourth-order valence-electron chi connectivity index (χ4n) is 5.24. The second-order valence-electron chi connectivity index (χ2n) is 11.4. The molecule has 0 aliphatic carbocycles.